The number of benzene rings is 1. The third-order valence-electron chi connectivity index (χ3n) is 3.32. The molecule has 0 bridgehead atoms. The van der Waals surface area contributed by atoms with Crippen LogP contribution in [0, 0.1) is 0 Å². The number of likely N-dealkylation sites (tertiary alicyclic amines) is 1. The maximum Gasteiger partial charge on any atom is 0.244 e. The van der Waals surface area contributed by atoms with Crippen molar-refractivity contribution in [3.63, 3.8) is 0 Å². The van der Waals surface area contributed by atoms with Gasteiger partial charge in [-0.3, -0.25) is 4.79 Å². The molecule has 23 heavy (non-hydrogen) atoms. The second kappa shape index (κ2) is 10.4. The van der Waals surface area contributed by atoms with Gasteiger partial charge < -0.3 is 10.6 Å². The first-order chi connectivity index (χ1) is 10.9. The third-order valence-corrected chi connectivity index (χ3v) is 3.91. The molecule has 1 saturated heterocycles. The number of halogens is 2. The Bertz CT molecular complexity index is 533. The van der Waals surface area contributed by atoms with E-state index in [0.717, 1.165) is 5.56 Å². The quantitative estimate of drug-likeness (QED) is 0.215. The molecular weight excluding hydrogens is 337 g/mol. The van der Waals surface area contributed by atoms with E-state index in [0.29, 0.717) is 21.6 Å². The lowest BCUT2D eigenvalue weighted by atomic mass is 10.1. The monoisotopic (exact) mass is 359 g/mol. The zero-order valence-corrected chi connectivity index (χ0v) is 14.7. The molecule has 2 rings (SSSR count). The molecule has 0 atom stereocenters. The van der Waals surface area contributed by atoms with Gasteiger partial charge in [-0.2, -0.15) is 5.12 Å². The van der Waals surface area contributed by atoms with Crippen molar-refractivity contribution in [2.75, 3.05) is 20.1 Å². The molecule has 8 heteroatoms. The van der Waals surface area contributed by atoms with Crippen molar-refractivity contribution in [2.24, 2.45) is 16.7 Å². The van der Waals surface area contributed by atoms with Crippen LogP contribution in [0.1, 0.15) is 24.8 Å². The number of nitrogens with zero attached hydrogens (tertiary/aromatic N) is 3. The Hall–Kier alpha value is -1.34. The molecule has 1 aliphatic heterocycles. The van der Waals surface area contributed by atoms with Crippen LogP contribution in [-0.4, -0.2) is 42.4 Å². The predicted molar refractivity (Wildman–Crippen MR) is 95.2 cm³/mol. The van der Waals surface area contributed by atoms with E-state index in [1.165, 1.54) is 32.4 Å². The van der Waals surface area contributed by atoms with Gasteiger partial charge in [0.05, 0.1) is 0 Å². The molecule has 128 valence electrons. The minimum atomic E-state index is 0.179. The van der Waals surface area contributed by atoms with Gasteiger partial charge in [0.25, 0.3) is 0 Å². The molecular formula is C15H23Cl2N5O. The fourth-order valence-corrected chi connectivity index (χ4v) is 2.59. The van der Waals surface area contributed by atoms with E-state index in [9.17, 15) is 4.79 Å². The van der Waals surface area contributed by atoms with Crippen LogP contribution in [0.2, 0.25) is 10.0 Å². The van der Waals surface area contributed by atoms with Crippen molar-refractivity contribution in [1.29, 1.82) is 0 Å². The van der Waals surface area contributed by atoms with Crippen molar-refractivity contribution in [2.45, 2.75) is 25.7 Å². The van der Waals surface area contributed by atoms with Gasteiger partial charge in [-0.05, 0) is 50.7 Å². The van der Waals surface area contributed by atoms with Gasteiger partial charge in [-0.15, -0.1) is 5.10 Å². The first-order valence-electron chi connectivity index (χ1n) is 7.37. The summed E-state index contributed by atoms with van der Waals surface area (Å²) in [6, 6.07) is 5.02. The Kier molecular flexibility index (Phi) is 8.94. The fraction of sp³-hybridized carbons (Fsp3) is 0.467. The summed E-state index contributed by atoms with van der Waals surface area (Å²) >= 11 is 11.7. The van der Waals surface area contributed by atoms with E-state index in [4.69, 9.17) is 34.8 Å². The van der Waals surface area contributed by atoms with Crippen LogP contribution in [0.5, 0.6) is 0 Å². The molecule has 0 saturated carbocycles. The first kappa shape index (κ1) is 19.7. The van der Waals surface area contributed by atoms with Crippen molar-refractivity contribution in [1.82, 2.24) is 10.0 Å². The number of rotatable bonds is 4. The molecule has 1 aromatic carbocycles. The highest BCUT2D eigenvalue weighted by Gasteiger charge is 2.04. The molecule has 0 spiro atoms. The van der Waals surface area contributed by atoms with Crippen LogP contribution >= 0.6 is 23.2 Å². The molecule has 6 nitrogen and oxygen atoms in total. The number of hydrogen-bond donors (Lipinski definition) is 2. The summed E-state index contributed by atoms with van der Waals surface area (Å²) in [6.45, 7) is 2.64. The zero-order chi connectivity index (χ0) is 17.2. The average Bonchev–Trinajstić information content (AvgIpc) is 2.51. The van der Waals surface area contributed by atoms with Crippen LogP contribution in [0.3, 0.4) is 0 Å². The number of piperidine rings is 1. The van der Waals surface area contributed by atoms with E-state index in [1.807, 2.05) is 0 Å². The highest BCUT2D eigenvalue weighted by molar-refractivity contribution is 6.35. The largest absolute Gasteiger partial charge is 0.385 e. The van der Waals surface area contributed by atoms with Crippen molar-refractivity contribution >= 4 is 35.4 Å². The number of amides is 1. The van der Waals surface area contributed by atoms with Gasteiger partial charge in [0.2, 0.25) is 6.41 Å². The number of nitrogens with two attached hydrogens (primary N) is 2. The Labute approximate surface area is 147 Å². The normalized spacial score (nSPS) is 15.6. The van der Waals surface area contributed by atoms with Gasteiger partial charge in [0.15, 0.2) is 0 Å². The standard InChI is InChI=1S/C9H10Cl2N4O.C6H13N/c10-7-2-1-6(8(11)4-7)3-9(12)14-15(13)5-16;1-7-5-3-2-4-6-7/h1-2,4-5H,3,13H2,(H2,12,14);2-6H2,1H3. The summed E-state index contributed by atoms with van der Waals surface area (Å²) < 4.78 is 0. The van der Waals surface area contributed by atoms with E-state index >= 15 is 0 Å². The Morgan fingerprint density at radius 2 is 2.00 bits per heavy atom. The first-order valence-corrected chi connectivity index (χ1v) is 8.12. The van der Waals surface area contributed by atoms with Gasteiger partial charge in [-0.1, -0.05) is 35.7 Å². The SMILES string of the molecule is CN1CCCCC1.N/C(Cc1ccc(Cl)cc1Cl)=N\N(N)C=O. The van der Waals surface area contributed by atoms with Gasteiger partial charge >= 0.3 is 0 Å². The van der Waals surface area contributed by atoms with E-state index in [2.05, 4.69) is 17.0 Å². The zero-order valence-electron chi connectivity index (χ0n) is 13.2. The number of amidine groups is 1. The van der Waals surface area contributed by atoms with Crippen LogP contribution in [0.15, 0.2) is 23.3 Å². The van der Waals surface area contributed by atoms with Gasteiger partial charge in [0, 0.05) is 16.5 Å². The summed E-state index contributed by atoms with van der Waals surface area (Å²) in [5.41, 5.74) is 6.32. The van der Waals surface area contributed by atoms with Crippen molar-refractivity contribution in [3.8, 4) is 0 Å². The molecule has 1 aliphatic rings. The summed E-state index contributed by atoms with van der Waals surface area (Å²) in [4.78, 5) is 12.6. The summed E-state index contributed by atoms with van der Waals surface area (Å²) in [6.07, 6.45) is 4.91. The van der Waals surface area contributed by atoms with Crippen LogP contribution < -0.4 is 11.6 Å². The number of hydrogen-bond acceptors (Lipinski definition) is 4. The second-order valence-electron chi connectivity index (χ2n) is 5.35. The Morgan fingerprint density at radius 1 is 1.35 bits per heavy atom. The maximum atomic E-state index is 10.2. The molecule has 1 heterocycles. The molecule has 0 aromatic heterocycles. The number of hydrazone groups is 1. The number of carbonyl (C=O) groups excluding carboxylic acids is 1. The number of hydrazine groups is 1. The molecule has 1 fully saturated rings. The highest BCUT2D eigenvalue weighted by atomic mass is 35.5. The predicted octanol–water partition coefficient (Wildman–Crippen LogP) is 2.24. The molecule has 1 amide bonds. The minimum Gasteiger partial charge on any atom is -0.385 e. The fourth-order valence-electron chi connectivity index (χ4n) is 2.12. The van der Waals surface area contributed by atoms with Crippen LogP contribution in [0.25, 0.3) is 0 Å². The second-order valence-corrected chi connectivity index (χ2v) is 6.20. The van der Waals surface area contributed by atoms with Crippen molar-refractivity contribution in [3.05, 3.63) is 33.8 Å². The summed E-state index contributed by atoms with van der Waals surface area (Å²) in [5, 5.41) is 5.22. The highest BCUT2D eigenvalue weighted by Crippen LogP contribution is 2.21. The summed E-state index contributed by atoms with van der Waals surface area (Å²) in [7, 11) is 2.19. The van der Waals surface area contributed by atoms with Crippen molar-refractivity contribution < 1.29 is 4.79 Å². The van der Waals surface area contributed by atoms with E-state index in [-0.39, 0.29) is 12.3 Å². The molecule has 0 radical (unpaired) electrons. The maximum absolute atomic E-state index is 10.2. The molecule has 0 aliphatic carbocycles. The summed E-state index contributed by atoms with van der Waals surface area (Å²) in [5.74, 6) is 5.31. The molecule has 4 N–H and O–H groups in total. The molecule has 1 aromatic rings. The Morgan fingerprint density at radius 3 is 2.48 bits per heavy atom. The van der Waals surface area contributed by atoms with E-state index < -0.39 is 0 Å². The van der Waals surface area contributed by atoms with Crippen LogP contribution in [-0.2, 0) is 11.2 Å². The smallest absolute Gasteiger partial charge is 0.244 e. The topological polar surface area (TPSA) is 87.9 Å². The van der Waals surface area contributed by atoms with Crippen LogP contribution in [0.4, 0.5) is 0 Å². The Balaban J connectivity index is 0.000000313. The minimum absolute atomic E-state index is 0.179. The lowest BCUT2D eigenvalue weighted by Gasteiger charge is -2.20. The lowest BCUT2D eigenvalue weighted by molar-refractivity contribution is -0.118. The molecule has 0 unspecified atom stereocenters. The lowest BCUT2D eigenvalue weighted by Crippen LogP contribution is -2.28. The van der Waals surface area contributed by atoms with Gasteiger partial charge in [-0.25, -0.2) is 5.84 Å². The number of carbonyl (C=O) groups is 1. The van der Waals surface area contributed by atoms with Gasteiger partial charge in [0.1, 0.15) is 5.84 Å². The average molecular weight is 360 g/mol. The van der Waals surface area contributed by atoms with E-state index in [1.54, 1.807) is 18.2 Å². The third kappa shape index (κ3) is 8.18.